The van der Waals surface area contributed by atoms with Crippen LogP contribution in [0.25, 0.3) is 0 Å². The molecule has 0 radical (unpaired) electrons. The SMILES string of the molecule is CN1CCO[C@@H](c2ccccc2)c2ccccc2C1.CN1CCO[C@@H](c2ccccc2)c2ccccc2C1.O=C(O[C@H](C(=O)O)[C@H](OC(=O)c1ccccc1)C(=O)O)c1ccccc1. The molecule has 0 fully saturated rings. The fourth-order valence-electron chi connectivity index (χ4n) is 7.25. The van der Waals surface area contributed by atoms with Gasteiger partial charge in [0.15, 0.2) is 0 Å². The smallest absolute Gasteiger partial charge is 0.349 e. The van der Waals surface area contributed by atoms with Gasteiger partial charge in [-0.25, -0.2) is 19.2 Å². The number of carboxylic acid groups (broad SMARTS) is 2. The number of hydrogen-bond acceptors (Lipinski definition) is 10. The molecule has 0 unspecified atom stereocenters. The highest BCUT2D eigenvalue weighted by molar-refractivity contribution is 5.95. The van der Waals surface area contributed by atoms with Crippen LogP contribution in [0, 0.1) is 0 Å². The minimum absolute atomic E-state index is 0.0253. The van der Waals surface area contributed by atoms with Crippen molar-refractivity contribution in [2.45, 2.75) is 37.5 Å². The average molecular weight is 865 g/mol. The van der Waals surface area contributed by atoms with Crippen LogP contribution in [0.5, 0.6) is 0 Å². The van der Waals surface area contributed by atoms with Crippen molar-refractivity contribution in [1.82, 2.24) is 9.80 Å². The minimum atomic E-state index is -2.21. The molecule has 0 amide bonds. The van der Waals surface area contributed by atoms with Crippen molar-refractivity contribution in [2.24, 2.45) is 0 Å². The first-order chi connectivity index (χ1) is 31.1. The number of esters is 2. The van der Waals surface area contributed by atoms with Gasteiger partial charge in [-0.15, -0.1) is 0 Å². The molecule has 12 nitrogen and oxygen atoms in total. The summed E-state index contributed by atoms with van der Waals surface area (Å²) in [6.45, 7) is 5.45. The first-order valence-corrected chi connectivity index (χ1v) is 20.9. The molecule has 0 aromatic heterocycles. The van der Waals surface area contributed by atoms with Crippen LogP contribution in [0.2, 0.25) is 0 Å². The molecule has 2 N–H and O–H groups in total. The third-order valence-electron chi connectivity index (χ3n) is 10.5. The highest BCUT2D eigenvalue weighted by atomic mass is 16.6. The summed E-state index contributed by atoms with van der Waals surface area (Å²) in [5, 5.41) is 18.5. The number of carbonyl (C=O) groups is 4. The molecule has 2 heterocycles. The molecular weight excluding hydrogens is 813 g/mol. The van der Waals surface area contributed by atoms with E-state index >= 15 is 0 Å². The fraction of sp³-hybridized carbons (Fsp3) is 0.231. The largest absolute Gasteiger partial charge is 0.478 e. The van der Waals surface area contributed by atoms with Crippen molar-refractivity contribution >= 4 is 23.9 Å². The van der Waals surface area contributed by atoms with E-state index in [1.807, 2.05) is 12.1 Å². The van der Waals surface area contributed by atoms with Crippen molar-refractivity contribution in [3.8, 4) is 0 Å². The second-order valence-electron chi connectivity index (χ2n) is 15.3. The fourth-order valence-corrected chi connectivity index (χ4v) is 7.25. The highest BCUT2D eigenvalue weighted by Crippen LogP contribution is 2.32. The van der Waals surface area contributed by atoms with Gasteiger partial charge in [0, 0.05) is 26.2 Å². The summed E-state index contributed by atoms with van der Waals surface area (Å²) >= 11 is 0. The Kier molecular flexibility index (Phi) is 17.1. The van der Waals surface area contributed by atoms with E-state index in [9.17, 15) is 29.4 Å². The van der Waals surface area contributed by atoms with Crippen molar-refractivity contribution in [2.75, 3.05) is 40.4 Å². The second kappa shape index (κ2) is 23.5. The molecule has 6 aromatic carbocycles. The normalized spacial score (nSPS) is 17.2. The summed E-state index contributed by atoms with van der Waals surface area (Å²) in [5.74, 6) is -5.63. The number of ether oxygens (including phenoxy) is 4. The highest BCUT2D eigenvalue weighted by Gasteiger charge is 2.41. The zero-order valence-electron chi connectivity index (χ0n) is 35.8. The topological polar surface area (TPSA) is 152 Å². The first-order valence-electron chi connectivity index (χ1n) is 20.9. The van der Waals surface area contributed by atoms with Gasteiger partial charge in [0.05, 0.1) is 24.3 Å². The van der Waals surface area contributed by atoms with Crippen molar-refractivity contribution in [1.29, 1.82) is 0 Å². The van der Waals surface area contributed by atoms with E-state index in [0.717, 1.165) is 39.4 Å². The molecule has 330 valence electrons. The number of rotatable bonds is 9. The molecule has 8 rings (SSSR count). The number of carboxylic acids is 2. The number of nitrogens with zero attached hydrogens (tertiary/aromatic N) is 2. The predicted molar refractivity (Wildman–Crippen MR) is 241 cm³/mol. The number of hydrogen-bond donors (Lipinski definition) is 2. The van der Waals surface area contributed by atoms with Gasteiger partial charge in [-0.3, -0.25) is 9.80 Å². The molecule has 0 saturated heterocycles. The molecule has 64 heavy (non-hydrogen) atoms. The lowest BCUT2D eigenvalue weighted by Crippen LogP contribution is -2.45. The lowest BCUT2D eigenvalue weighted by molar-refractivity contribution is -0.166. The zero-order valence-corrected chi connectivity index (χ0v) is 35.8. The molecular formula is C52H52N2O10. The van der Waals surface area contributed by atoms with Crippen LogP contribution in [0.4, 0.5) is 0 Å². The quantitative estimate of drug-likeness (QED) is 0.135. The Balaban J connectivity index is 0.000000162. The Hall–Kier alpha value is -6.96. The van der Waals surface area contributed by atoms with Crippen LogP contribution in [0.1, 0.15) is 66.3 Å². The third-order valence-corrected chi connectivity index (χ3v) is 10.5. The summed E-state index contributed by atoms with van der Waals surface area (Å²) < 4.78 is 21.8. The van der Waals surface area contributed by atoms with Crippen molar-refractivity contribution in [3.05, 3.63) is 214 Å². The van der Waals surface area contributed by atoms with E-state index in [4.69, 9.17) is 18.9 Å². The maximum absolute atomic E-state index is 12.0. The van der Waals surface area contributed by atoms with Gasteiger partial charge in [0.25, 0.3) is 0 Å². The molecule has 12 heteroatoms. The number of carbonyl (C=O) groups excluding carboxylic acids is 2. The summed E-state index contributed by atoms with van der Waals surface area (Å²) in [6.07, 6.45) is -4.31. The van der Waals surface area contributed by atoms with Gasteiger partial charge in [-0.05, 0) is 71.7 Å². The van der Waals surface area contributed by atoms with Gasteiger partial charge >= 0.3 is 23.9 Å². The van der Waals surface area contributed by atoms with E-state index in [-0.39, 0.29) is 23.3 Å². The maximum atomic E-state index is 12.0. The summed E-state index contributed by atoms with van der Waals surface area (Å²) in [7, 11) is 4.28. The maximum Gasteiger partial charge on any atom is 0.349 e. The first kappa shape index (κ1) is 46.5. The van der Waals surface area contributed by atoms with E-state index in [2.05, 4.69) is 121 Å². The second-order valence-corrected chi connectivity index (χ2v) is 15.3. The number of aliphatic carboxylic acids is 2. The molecule has 4 atom stereocenters. The van der Waals surface area contributed by atoms with Crippen LogP contribution < -0.4 is 0 Å². The third kappa shape index (κ3) is 13.0. The van der Waals surface area contributed by atoms with E-state index in [1.165, 1.54) is 81.9 Å². The number of fused-ring (bicyclic) bond motifs is 2. The molecule has 2 aliphatic rings. The van der Waals surface area contributed by atoms with Crippen LogP contribution >= 0.6 is 0 Å². The Labute approximate surface area is 373 Å². The Morgan fingerprint density at radius 3 is 1.14 bits per heavy atom. The van der Waals surface area contributed by atoms with Gasteiger partial charge < -0.3 is 29.2 Å². The standard InChI is InChI=1S/C18H14O8.2C17H19NO/c19-15(20)13(25-17(23)11-7-3-1-4-8-11)14(16(21)22)26-18(24)12-9-5-2-6-10-12;2*1-18-11-12-19-17(14-7-3-2-4-8-14)16-10-6-5-9-15(16)13-18/h1-10,13-14H,(H,19,20)(H,21,22);2*2-10,17H,11-13H2,1H3/t13-,14-;2*17-/m000/s1. The Bertz CT molecular complexity index is 2250. The van der Waals surface area contributed by atoms with E-state index in [1.54, 1.807) is 12.1 Å². The van der Waals surface area contributed by atoms with Crippen molar-refractivity contribution < 1.29 is 48.3 Å². The van der Waals surface area contributed by atoms with Crippen molar-refractivity contribution in [3.63, 3.8) is 0 Å². The van der Waals surface area contributed by atoms with Crippen LogP contribution in [-0.4, -0.2) is 96.5 Å². The number of benzene rings is 6. The summed E-state index contributed by atoms with van der Waals surface area (Å²) in [4.78, 5) is 51.5. The van der Waals surface area contributed by atoms with Crippen LogP contribution in [-0.2, 0) is 41.6 Å². The van der Waals surface area contributed by atoms with E-state index in [0.29, 0.717) is 0 Å². The molecule has 0 saturated carbocycles. The summed E-state index contributed by atoms with van der Waals surface area (Å²) in [5.41, 5.74) is 7.83. The zero-order chi connectivity index (χ0) is 45.3. The average Bonchev–Trinajstić information content (AvgIpc) is 3.31. The molecule has 0 bridgehead atoms. The minimum Gasteiger partial charge on any atom is -0.478 e. The van der Waals surface area contributed by atoms with Gasteiger partial charge in [-0.2, -0.15) is 0 Å². The monoisotopic (exact) mass is 864 g/mol. The van der Waals surface area contributed by atoms with Crippen LogP contribution in [0.15, 0.2) is 170 Å². The number of likely N-dealkylation sites (N-methyl/N-ethyl adjacent to an activating group) is 2. The Morgan fingerprint density at radius 2 is 0.797 bits per heavy atom. The van der Waals surface area contributed by atoms with Gasteiger partial charge in [0.2, 0.25) is 12.2 Å². The molecule has 0 spiro atoms. The molecule has 6 aromatic rings. The predicted octanol–water partition coefficient (Wildman–Crippen LogP) is 8.08. The summed E-state index contributed by atoms with van der Waals surface area (Å²) in [6, 6.07) is 53.0. The molecule has 2 aliphatic heterocycles. The lowest BCUT2D eigenvalue weighted by atomic mass is 9.96. The van der Waals surface area contributed by atoms with E-state index < -0.39 is 36.1 Å². The lowest BCUT2D eigenvalue weighted by Gasteiger charge is -2.28. The Morgan fingerprint density at radius 1 is 0.484 bits per heavy atom. The van der Waals surface area contributed by atoms with Gasteiger partial charge in [-0.1, -0.05) is 146 Å². The van der Waals surface area contributed by atoms with Crippen LogP contribution in [0.3, 0.4) is 0 Å². The van der Waals surface area contributed by atoms with Gasteiger partial charge in [0.1, 0.15) is 12.2 Å². The molecule has 0 aliphatic carbocycles.